The second-order valence-corrected chi connectivity index (χ2v) is 9.67. The number of nitrogens with zero attached hydrogens (tertiary/aromatic N) is 3. The first kappa shape index (κ1) is 30.2. The zero-order valence-corrected chi connectivity index (χ0v) is 22.2. The molecular weight excluding hydrogens is 539 g/mol. The Morgan fingerprint density at radius 1 is 0.949 bits per heavy atom. The molecule has 0 bridgehead atoms. The summed E-state index contributed by atoms with van der Waals surface area (Å²) in [5, 5.41) is 9.79. The summed E-state index contributed by atoms with van der Waals surface area (Å²) in [6, 6.07) is 11.7. The standard InChI is InChI=1S/C27H30F3N3O5.ClH/c1-31-13-15-32(16-14-31)20-9-12-22(24(34)35)23(17-20)33(26(37)27(28,29)30)19-7-10-21(11-8-19)38-25(36)18-5-3-2-4-6-18;/h2-6,9,12,17,19,21H,7-8,10-11,13-16H2,1H3,(H,34,35);1H/t19-,21-;. The third kappa shape index (κ3) is 7.21. The van der Waals surface area contributed by atoms with E-state index in [2.05, 4.69) is 4.90 Å². The van der Waals surface area contributed by atoms with Crippen molar-refractivity contribution in [2.75, 3.05) is 43.0 Å². The van der Waals surface area contributed by atoms with E-state index in [0.717, 1.165) is 13.1 Å². The van der Waals surface area contributed by atoms with Gasteiger partial charge in [0.25, 0.3) is 0 Å². The Hall–Kier alpha value is -3.31. The second kappa shape index (κ2) is 12.7. The fourth-order valence-corrected chi connectivity index (χ4v) is 4.98. The number of anilines is 2. The summed E-state index contributed by atoms with van der Waals surface area (Å²) >= 11 is 0. The first-order valence-corrected chi connectivity index (χ1v) is 12.5. The van der Waals surface area contributed by atoms with Gasteiger partial charge in [0.05, 0.1) is 16.8 Å². The van der Waals surface area contributed by atoms with Gasteiger partial charge in [0, 0.05) is 37.9 Å². The zero-order valence-electron chi connectivity index (χ0n) is 21.4. The Morgan fingerprint density at radius 3 is 2.13 bits per heavy atom. The Labute approximate surface area is 230 Å². The predicted molar refractivity (Wildman–Crippen MR) is 142 cm³/mol. The van der Waals surface area contributed by atoms with Crippen LogP contribution in [0.3, 0.4) is 0 Å². The summed E-state index contributed by atoms with van der Waals surface area (Å²) in [7, 11) is 1.97. The molecule has 2 fully saturated rings. The summed E-state index contributed by atoms with van der Waals surface area (Å²) in [5.74, 6) is -4.05. The van der Waals surface area contributed by atoms with Gasteiger partial charge in [0.15, 0.2) is 0 Å². The number of carboxylic acid groups (broad SMARTS) is 1. The lowest BCUT2D eigenvalue weighted by Crippen LogP contribution is -2.50. The fourth-order valence-electron chi connectivity index (χ4n) is 4.98. The number of piperazine rings is 1. The molecule has 2 aromatic rings. The van der Waals surface area contributed by atoms with Crippen LogP contribution in [0.1, 0.15) is 46.4 Å². The number of carbonyl (C=O) groups excluding carboxylic acids is 2. The van der Waals surface area contributed by atoms with Crippen LogP contribution in [-0.2, 0) is 9.53 Å². The molecule has 1 aliphatic carbocycles. The first-order chi connectivity index (χ1) is 18.0. The van der Waals surface area contributed by atoms with E-state index in [1.54, 1.807) is 36.4 Å². The Balaban J connectivity index is 0.00000420. The number of rotatable bonds is 6. The monoisotopic (exact) mass is 569 g/mol. The van der Waals surface area contributed by atoms with Crippen molar-refractivity contribution in [1.82, 2.24) is 4.90 Å². The minimum atomic E-state index is -5.20. The average Bonchev–Trinajstić information content (AvgIpc) is 2.90. The van der Waals surface area contributed by atoms with E-state index in [-0.39, 0.29) is 49.3 Å². The third-order valence-corrected chi connectivity index (χ3v) is 7.09. The van der Waals surface area contributed by atoms with Crippen LogP contribution in [0, 0.1) is 0 Å². The minimum absolute atomic E-state index is 0. The minimum Gasteiger partial charge on any atom is -0.478 e. The molecule has 212 valence electrons. The van der Waals surface area contributed by atoms with Gasteiger partial charge in [-0.1, -0.05) is 18.2 Å². The van der Waals surface area contributed by atoms with Crippen LogP contribution in [0.2, 0.25) is 0 Å². The van der Waals surface area contributed by atoms with Crippen LogP contribution in [-0.4, -0.2) is 79.4 Å². The molecule has 0 spiro atoms. The van der Waals surface area contributed by atoms with Gasteiger partial charge in [-0.2, -0.15) is 13.2 Å². The molecule has 0 radical (unpaired) electrons. The number of likely N-dealkylation sites (N-methyl/N-ethyl adjacent to an activating group) is 1. The van der Waals surface area contributed by atoms with Gasteiger partial charge in [0.1, 0.15) is 6.10 Å². The van der Waals surface area contributed by atoms with Crippen LogP contribution in [0.5, 0.6) is 0 Å². The zero-order chi connectivity index (χ0) is 27.4. The van der Waals surface area contributed by atoms with Crippen molar-refractivity contribution in [3.8, 4) is 0 Å². The number of alkyl halides is 3. The van der Waals surface area contributed by atoms with E-state index in [9.17, 15) is 32.7 Å². The second-order valence-electron chi connectivity index (χ2n) is 9.67. The van der Waals surface area contributed by atoms with Crippen molar-refractivity contribution < 1.29 is 37.4 Å². The maximum Gasteiger partial charge on any atom is 0.471 e. The van der Waals surface area contributed by atoms with E-state index in [1.807, 2.05) is 11.9 Å². The van der Waals surface area contributed by atoms with E-state index in [0.29, 0.717) is 29.2 Å². The van der Waals surface area contributed by atoms with Gasteiger partial charge < -0.3 is 24.5 Å². The van der Waals surface area contributed by atoms with Crippen LogP contribution >= 0.6 is 12.4 Å². The van der Waals surface area contributed by atoms with Gasteiger partial charge in [0.2, 0.25) is 0 Å². The molecule has 2 aliphatic rings. The first-order valence-electron chi connectivity index (χ1n) is 12.5. The molecule has 39 heavy (non-hydrogen) atoms. The molecule has 0 atom stereocenters. The van der Waals surface area contributed by atoms with Crippen molar-refractivity contribution in [2.45, 2.75) is 44.0 Å². The quantitative estimate of drug-likeness (QED) is 0.508. The van der Waals surface area contributed by atoms with Crippen molar-refractivity contribution in [3.05, 3.63) is 59.7 Å². The number of ether oxygens (including phenoxy) is 1. The molecule has 1 aliphatic heterocycles. The number of esters is 1. The normalized spacial score (nSPS) is 20.1. The summed E-state index contributed by atoms with van der Waals surface area (Å²) < 4.78 is 46.9. The number of aromatic carboxylic acids is 1. The van der Waals surface area contributed by atoms with Crippen molar-refractivity contribution >= 4 is 41.6 Å². The maximum atomic E-state index is 13.8. The molecule has 8 nitrogen and oxygen atoms in total. The highest BCUT2D eigenvalue weighted by Crippen LogP contribution is 2.37. The molecule has 1 saturated carbocycles. The van der Waals surface area contributed by atoms with E-state index in [1.165, 1.54) is 12.1 Å². The summed E-state index contributed by atoms with van der Waals surface area (Å²) in [4.78, 5) is 41.8. The highest BCUT2D eigenvalue weighted by atomic mass is 35.5. The molecule has 1 heterocycles. The average molecular weight is 570 g/mol. The highest BCUT2D eigenvalue weighted by Gasteiger charge is 2.47. The highest BCUT2D eigenvalue weighted by molar-refractivity contribution is 6.05. The molecule has 4 rings (SSSR count). The number of carboxylic acids is 1. The van der Waals surface area contributed by atoms with E-state index < -0.39 is 36.2 Å². The SMILES string of the molecule is CN1CCN(c2ccc(C(=O)O)c(N(C(=O)C(F)(F)F)[C@H]3CC[C@H](OC(=O)c4ccccc4)CC3)c2)CC1.Cl. The van der Waals surface area contributed by atoms with Gasteiger partial charge in [-0.3, -0.25) is 4.79 Å². The fraction of sp³-hybridized carbons (Fsp3) is 0.444. The lowest BCUT2D eigenvalue weighted by atomic mass is 9.90. The molecule has 0 aromatic heterocycles. The van der Waals surface area contributed by atoms with Gasteiger partial charge in [-0.15, -0.1) is 12.4 Å². The Morgan fingerprint density at radius 2 is 1.56 bits per heavy atom. The number of benzene rings is 2. The van der Waals surface area contributed by atoms with Crippen molar-refractivity contribution in [2.24, 2.45) is 0 Å². The lowest BCUT2D eigenvalue weighted by molar-refractivity contribution is -0.171. The Bertz CT molecular complexity index is 1170. The number of carbonyl (C=O) groups is 3. The van der Waals surface area contributed by atoms with Crippen LogP contribution in [0.15, 0.2) is 48.5 Å². The van der Waals surface area contributed by atoms with Crippen LogP contribution in [0.4, 0.5) is 24.5 Å². The van der Waals surface area contributed by atoms with Crippen molar-refractivity contribution in [3.63, 3.8) is 0 Å². The maximum absolute atomic E-state index is 13.8. The molecule has 12 heteroatoms. The summed E-state index contributed by atoms with van der Waals surface area (Å²) in [5.41, 5.74) is 0.276. The summed E-state index contributed by atoms with van der Waals surface area (Å²) in [6.07, 6.45) is -5.00. The van der Waals surface area contributed by atoms with Crippen LogP contribution < -0.4 is 9.80 Å². The topological polar surface area (TPSA) is 90.4 Å². The van der Waals surface area contributed by atoms with Crippen molar-refractivity contribution in [1.29, 1.82) is 0 Å². The van der Waals surface area contributed by atoms with Crippen LogP contribution in [0.25, 0.3) is 0 Å². The number of hydrogen-bond donors (Lipinski definition) is 1. The smallest absolute Gasteiger partial charge is 0.471 e. The molecule has 2 aromatic carbocycles. The van der Waals surface area contributed by atoms with E-state index in [4.69, 9.17) is 4.74 Å². The molecule has 1 amide bonds. The molecule has 1 saturated heterocycles. The molecular formula is C27H31ClF3N3O5. The van der Waals surface area contributed by atoms with Gasteiger partial charge in [-0.25, -0.2) is 9.59 Å². The molecule has 1 N–H and O–H groups in total. The number of amides is 1. The van der Waals surface area contributed by atoms with Gasteiger partial charge >= 0.3 is 24.0 Å². The Kier molecular flexibility index (Phi) is 9.84. The predicted octanol–water partition coefficient (Wildman–Crippen LogP) is 4.62. The third-order valence-electron chi connectivity index (χ3n) is 7.09. The largest absolute Gasteiger partial charge is 0.478 e. The van der Waals surface area contributed by atoms with E-state index >= 15 is 0 Å². The lowest BCUT2D eigenvalue weighted by Gasteiger charge is -2.38. The van der Waals surface area contributed by atoms with Gasteiger partial charge in [-0.05, 0) is 63.1 Å². The summed E-state index contributed by atoms with van der Waals surface area (Å²) in [6.45, 7) is 2.72. The molecule has 0 unspecified atom stereocenters. The number of halogens is 4. The number of hydrogen-bond acceptors (Lipinski definition) is 6.